The number of ether oxygens (including phenoxy) is 1. The molecule has 0 aromatic carbocycles. The average molecular weight is 254 g/mol. The second-order valence-corrected chi connectivity index (χ2v) is 4.86. The number of carbonyl (C=O) groups is 1. The van der Waals surface area contributed by atoms with Crippen LogP contribution in [-0.2, 0) is 9.53 Å². The van der Waals surface area contributed by atoms with E-state index in [0.717, 1.165) is 31.5 Å². The number of hydrogen-bond acceptors (Lipinski definition) is 4. The van der Waals surface area contributed by atoms with Crippen LogP contribution in [-0.4, -0.2) is 48.2 Å². The standard InChI is InChI=1S/C14H26N2O2/c1-6-8-15-10-13(14(17)18-5)11(3)16(9-7-2)12(15)4/h10-12H,6-9H2,1-5H3/t11-,12-/m0/s1. The van der Waals surface area contributed by atoms with Gasteiger partial charge in [0.15, 0.2) is 0 Å². The third kappa shape index (κ3) is 3.05. The summed E-state index contributed by atoms with van der Waals surface area (Å²) in [5, 5.41) is 0. The van der Waals surface area contributed by atoms with Gasteiger partial charge < -0.3 is 9.64 Å². The summed E-state index contributed by atoms with van der Waals surface area (Å²) in [6.07, 6.45) is 4.48. The van der Waals surface area contributed by atoms with E-state index in [4.69, 9.17) is 4.74 Å². The van der Waals surface area contributed by atoms with Gasteiger partial charge in [-0.15, -0.1) is 0 Å². The third-order valence-electron chi connectivity index (χ3n) is 3.60. The van der Waals surface area contributed by atoms with Gasteiger partial charge in [0.1, 0.15) is 0 Å². The smallest absolute Gasteiger partial charge is 0.336 e. The van der Waals surface area contributed by atoms with E-state index in [2.05, 4.69) is 37.5 Å². The molecule has 1 rings (SSSR count). The molecule has 18 heavy (non-hydrogen) atoms. The fourth-order valence-electron chi connectivity index (χ4n) is 2.58. The molecule has 2 atom stereocenters. The van der Waals surface area contributed by atoms with Crippen LogP contribution in [0.2, 0.25) is 0 Å². The van der Waals surface area contributed by atoms with Crippen molar-refractivity contribution in [1.29, 1.82) is 0 Å². The molecule has 4 heteroatoms. The maximum Gasteiger partial charge on any atom is 0.336 e. The number of methoxy groups -OCH3 is 1. The molecule has 0 saturated heterocycles. The topological polar surface area (TPSA) is 32.8 Å². The molecule has 0 saturated carbocycles. The van der Waals surface area contributed by atoms with Gasteiger partial charge in [0.05, 0.1) is 18.8 Å². The van der Waals surface area contributed by atoms with Crippen LogP contribution in [0.15, 0.2) is 11.8 Å². The SMILES string of the molecule is CCCN1C=C(C(=O)OC)[C@H](C)N(CCC)[C@H]1C. The van der Waals surface area contributed by atoms with E-state index in [-0.39, 0.29) is 12.0 Å². The summed E-state index contributed by atoms with van der Waals surface area (Å²) in [7, 11) is 1.45. The number of hydrogen-bond donors (Lipinski definition) is 0. The molecule has 0 spiro atoms. The van der Waals surface area contributed by atoms with Gasteiger partial charge in [-0.2, -0.15) is 0 Å². The van der Waals surface area contributed by atoms with Gasteiger partial charge in [-0.05, 0) is 26.7 Å². The lowest BCUT2D eigenvalue weighted by Crippen LogP contribution is -2.54. The van der Waals surface area contributed by atoms with Crippen LogP contribution >= 0.6 is 0 Å². The molecule has 0 aromatic heterocycles. The third-order valence-corrected chi connectivity index (χ3v) is 3.60. The molecule has 1 aliphatic rings. The van der Waals surface area contributed by atoms with E-state index in [1.165, 1.54) is 7.11 Å². The highest BCUT2D eigenvalue weighted by Gasteiger charge is 2.33. The van der Waals surface area contributed by atoms with Crippen LogP contribution in [0.1, 0.15) is 40.5 Å². The van der Waals surface area contributed by atoms with Gasteiger partial charge in [0.2, 0.25) is 0 Å². The molecule has 0 aromatic rings. The van der Waals surface area contributed by atoms with Gasteiger partial charge in [-0.25, -0.2) is 4.79 Å². The number of esters is 1. The minimum absolute atomic E-state index is 0.125. The molecule has 104 valence electrons. The second kappa shape index (κ2) is 6.78. The Morgan fingerprint density at radius 3 is 2.39 bits per heavy atom. The molecule has 0 N–H and O–H groups in total. The molecule has 0 fully saturated rings. The summed E-state index contributed by atoms with van der Waals surface area (Å²) in [6, 6.07) is 0.125. The molecule has 0 amide bonds. The molecule has 0 radical (unpaired) electrons. The normalized spacial score (nSPS) is 24.9. The van der Waals surface area contributed by atoms with E-state index in [1.807, 2.05) is 6.20 Å². The second-order valence-electron chi connectivity index (χ2n) is 4.86. The quantitative estimate of drug-likeness (QED) is 0.704. The lowest BCUT2D eigenvalue weighted by atomic mass is 10.0. The Hall–Kier alpha value is -1.03. The van der Waals surface area contributed by atoms with Gasteiger partial charge in [-0.3, -0.25) is 4.90 Å². The summed E-state index contributed by atoms with van der Waals surface area (Å²) in [6.45, 7) is 10.6. The summed E-state index contributed by atoms with van der Waals surface area (Å²) < 4.78 is 4.89. The van der Waals surface area contributed by atoms with Crippen molar-refractivity contribution in [2.45, 2.75) is 52.7 Å². The zero-order valence-electron chi connectivity index (χ0n) is 12.3. The Balaban J connectivity index is 3.00. The first-order valence-electron chi connectivity index (χ1n) is 6.88. The number of rotatable bonds is 5. The summed E-state index contributed by atoms with van der Waals surface area (Å²) in [5.41, 5.74) is 0.762. The average Bonchev–Trinajstić information content (AvgIpc) is 2.37. The first kappa shape index (κ1) is 15.0. The highest BCUT2D eigenvalue weighted by atomic mass is 16.5. The van der Waals surface area contributed by atoms with Crippen LogP contribution < -0.4 is 0 Å². The zero-order chi connectivity index (χ0) is 13.7. The monoisotopic (exact) mass is 254 g/mol. The maximum atomic E-state index is 11.8. The summed E-state index contributed by atoms with van der Waals surface area (Å²) >= 11 is 0. The Labute approximate surface area is 111 Å². The highest BCUT2D eigenvalue weighted by Crippen LogP contribution is 2.24. The fourth-order valence-corrected chi connectivity index (χ4v) is 2.58. The molecule has 0 aliphatic carbocycles. The molecule has 1 aliphatic heterocycles. The van der Waals surface area contributed by atoms with Crippen molar-refractivity contribution < 1.29 is 9.53 Å². The highest BCUT2D eigenvalue weighted by molar-refractivity contribution is 5.89. The van der Waals surface area contributed by atoms with Crippen LogP contribution in [0.5, 0.6) is 0 Å². The Morgan fingerprint density at radius 2 is 1.89 bits per heavy atom. The predicted octanol–water partition coefficient (Wildman–Crippen LogP) is 2.22. The molecule has 0 unspecified atom stereocenters. The molecule has 0 bridgehead atoms. The van der Waals surface area contributed by atoms with E-state index >= 15 is 0 Å². The van der Waals surface area contributed by atoms with Crippen molar-refractivity contribution in [3.8, 4) is 0 Å². The lowest BCUT2D eigenvalue weighted by Gasteiger charge is -2.45. The molecular formula is C14H26N2O2. The van der Waals surface area contributed by atoms with Gasteiger partial charge >= 0.3 is 5.97 Å². The van der Waals surface area contributed by atoms with Gasteiger partial charge in [0, 0.05) is 25.3 Å². The maximum absolute atomic E-state index is 11.8. The first-order chi connectivity index (χ1) is 8.56. The van der Waals surface area contributed by atoms with Crippen molar-refractivity contribution in [2.75, 3.05) is 20.2 Å². The van der Waals surface area contributed by atoms with Crippen LogP contribution in [0.3, 0.4) is 0 Å². The number of carbonyl (C=O) groups excluding carboxylic acids is 1. The Morgan fingerprint density at radius 1 is 1.28 bits per heavy atom. The zero-order valence-corrected chi connectivity index (χ0v) is 12.3. The summed E-state index contributed by atoms with van der Waals surface area (Å²) in [5.74, 6) is -0.211. The van der Waals surface area contributed by atoms with Gasteiger partial charge in [0.25, 0.3) is 0 Å². The van der Waals surface area contributed by atoms with Crippen molar-refractivity contribution >= 4 is 5.97 Å². The Bertz CT molecular complexity index is 315. The molecular weight excluding hydrogens is 228 g/mol. The van der Waals surface area contributed by atoms with Crippen molar-refractivity contribution in [3.63, 3.8) is 0 Å². The first-order valence-corrected chi connectivity index (χ1v) is 6.88. The largest absolute Gasteiger partial charge is 0.466 e. The van der Waals surface area contributed by atoms with Crippen molar-refractivity contribution in [3.05, 3.63) is 11.8 Å². The lowest BCUT2D eigenvalue weighted by molar-refractivity contribution is -0.137. The number of nitrogens with zero attached hydrogens (tertiary/aromatic N) is 2. The fraction of sp³-hybridized carbons (Fsp3) is 0.786. The molecule has 4 nitrogen and oxygen atoms in total. The van der Waals surface area contributed by atoms with E-state index in [0.29, 0.717) is 6.17 Å². The van der Waals surface area contributed by atoms with E-state index < -0.39 is 0 Å². The van der Waals surface area contributed by atoms with E-state index in [9.17, 15) is 4.79 Å². The Kier molecular flexibility index (Phi) is 5.66. The minimum atomic E-state index is -0.211. The van der Waals surface area contributed by atoms with Crippen molar-refractivity contribution in [2.24, 2.45) is 0 Å². The predicted molar refractivity (Wildman–Crippen MR) is 73.0 cm³/mol. The summed E-state index contributed by atoms with van der Waals surface area (Å²) in [4.78, 5) is 16.4. The molecule has 1 heterocycles. The van der Waals surface area contributed by atoms with Gasteiger partial charge in [-0.1, -0.05) is 13.8 Å². The van der Waals surface area contributed by atoms with Crippen molar-refractivity contribution in [1.82, 2.24) is 9.80 Å². The van der Waals surface area contributed by atoms with Crippen LogP contribution in [0.25, 0.3) is 0 Å². The minimum Gasteiger partial charge on any atom is -0.466 e. The van der Waals surface area contributed by atoms with Crippen LogP contribution in [0.4, 0.5) is 0 Å². The van der Waals surface area contributed by atoms with E-state index in [1.54, 1.807) is 0 Å². The van der Waals surface area contributed by atoms with Crippen LogP contribution in [0, 0.1) is 0 Å².